The van der Waals surface area contributed by atoms with Gasteiger partial charge in [-0.3, -0.25) is 4.68 Å². The summed E-state index contributed by atoms with van der Waals surface area (Å²) in [4.78, 5) is 0. The Morgan fingerprint density at radius 1 is 1.39 bits per heavy atom. The SMILES string of the molecule is CCn1cc(CC2Cc3ccccc3C2Cl)cn1. The summed E-state index contributed by atoms with van der Waals surface area (Å²) in [5.41, 5.74) is 4.01. The van der Waals surface area contributed by atoms with Crippen LogP contribution in [0.2, 0.25) is 0 Å². The van der Waals surface area contributed by atoms with Gasteiger partial charge >= 0.3 is 0 Å². The highest BCUT2D eigenvalue weighted by atomic mass is 35.5. The van der Waals surface area contributed by atoms with Crippen LogP contribution >= 0.6 is 11.6 Å². The van der Waals surface area contributed by atoms with Crippen LogP contribution in [0.4, 0.5) is 0 Å². The van der Waals surface area contributed by atoms with Crippen molar-refractivity contribution in [3.8, 4) is 0 Å². The zero-order valence-corrected chi connectivity index (χ0v) is 11.3. The van der Waals surface area contributed by atoms with Crippen LogP contribution in [0.3, 0.4) is 0 Å². The molecule has 0 amide bonds. The van der Waals surface area contributed by atoms with Crippen LogP contribution in [0.1, 0.15) is 29.0 Å². The number of aryl methyl sites for hydroxylation is 1. The van der Waals surface area contributed by atoms with Gasteiger partial charge < -0.3 is 0 Å². The van der Waals surface area contributed by atoms with E-state index in [0.29, 0.717) is 5.92 Å². The number of hydrogen-bond donors (Lipinski definition) is 0. The first kappa shape index (κ1) is 11.8. The summed E-state index contributed by atoms with van der Waals surface area (Å²) in [7, 11) is 0. The zero-order valence-electron chi connectivity index (χ0n) is 10.5. The van der Waals surface area contributed by atoms with Gasteiger partial charge in [0.05, 0.1) is 11.6 Å². The molecule has 2 unspecified atom stereocenters. The first-order chi connectivity index (χ1) is 8.78. The van der Waals surface area contributed by atoms with Crippen molar-refractivity contribution < 1.29 is 0 Å². The van der Waals surface area contributed by atoms with Crippen molar-refractivity contribution in [2.24, 2.45) is 5.92 Å². The lowest BCUT2D eigenvalue weighted by molar-refractivity contribution is 0.543. The predicted octanol–water partition coefficient (Wildman–Crippen LogP) is 3.60. The average molecular weight is 261 g/mol. The van der Waals surface area contributed by atoms with Gasteiger partial charge in [0, 0.05) is 12.7 Å². The molecule has 1 aromatic heterocycles. The number of nitrogens with zero attached hydrogens (tertiary/aromatic N) is 2. The number of alkyl halides is 1. The van der Waals surface area contributed by atoms with Gasteiger partial charge in [-0.1, -0.05) is 24.3 Å². The van der Waals surface area contributed by atoms with E-state index < -0.39 is 0 Å². The summed E-state index contributed by atoms with van der Waals surface area (Å²) >= 11 is 6.57. The van der Waals surface area contributed by atoms with Gasteiger partial charge in [0.25, 0.3) is 0 Å². The molecule has 0 fully saturated rings. The van der Waals surface area contributed by atoms with Gasteiger partial charge in [-0.25, -0.2) is 0 Å². The molecule has 2 nitrogen and oxygen atoms in total. The van der Waals surface area contributed by atoms with Gasteiger partial charge in [-0.15, -0.1) is 11.6 Å². The molecule has 1 aromatic carbocycles. The molecule has 2 atom stereocenters. The molecular weight excluding hydrogens is 244 g/mol. The zero-order chi connectivity index (χ0) is 12.5. The van der Waals surface area contributed by atoms with Crippen molar-refractivity contribution in [2.75, 3.05) is 0 Å². The minimum atomic E-state index is 0.145. The Kier molecular flexibility index (Phi) is 3.13. The fourth-order valence-electron chi connectivity index (χ4n) is 2.79. The minimum absolute atomic E-state index is 0.145. The summed E-state index contributed by atoms with van der Waals surface area (Å²) in [5.74, 6) is 0.499. The van der Waals surface area contributed by atoms with Gasteiger partial charge in [0.1, 0.15) is 0 Å². The molecular formula is C15H17ClN2. The monoisotopic (exact) mass is 260 g/mol. The van der Waals surface area contributed by atoms with E-state index in [2.05, 4.69) is 42.5 Å². The smallest absolute Gasteiger partial charge is 0.0622 e. The van der Waals surface area contributed by atoms with Gasteiger partial charge in [0.2, 0.25) is 0 Å². The number of fused-ring (bicyclic) bond motifs is 1. The van der Waals surface area contributed by atoms with Crippen molar-refractivity contribution in [3.05, 3.63) is 53.3 Å². The highest BCUT2D eigenvalue weighted by molar-refractivity contribution is 6.21. The predicted molar refractivity (Wildman–Crippen MR) is 73.8 cm³/mol. The molecule has 0 aliphatic heterocycles. The molecule has 1 aliphatic carbocycles. The molecule has 0 saturated carbocycles. The minimum Gasteiger partial charge on any atom is -0.273 e. The summed E-state index contributed by atoms with van der Waals surface area (Å²) in [6.45, 7) is 3.03. The summed E-state index contributed by atoms with van der Waals surface area (Å²) < 4.78 is 1.97. The maximum atomic E-state index is 6.57. The van der Waals surface area contributed by atoms with Crippen LogP contribution < -0.4 is 0 Å². The second kappa shape index (κ2) is 4.77. The van der Waals surface area contributed by atoms with Crippen molar-refractivity contribution >= 4 is 11.6 Å². The van der Waals surface area contributed by atoms with E-state index in [4.69, 9.17) is 11.6 Å². The number of benzene rings is 1. The van der Waals surface area contributed by atoms with E-state index >= 15 is 0 Å². The lowest BCUT2D eigenvalue weighted by Crippen LogP contribution is -2.06. The normalized spacial score (nSPS) is 22.1. The Morgan fingerprint density at radius 3 is 2.94 bits per heavy atom. The molecule has 0 bridgehead atoms. The molecule has 3 heteroatoms. The Morgan fingerprint density at radius 2 is 2.22 bits per heavy atom. The Labute approximate surface area is 113 Å². The lowest BCUT2D eigenvalue weighted by Gasteiger charge is -2.12. The number of halogens is 1. The third-order valence-electron chi connectivity index (χ3n) is 3.76. The van der Waals surface area contributed by atoms with E-state index in [1.54, 1.807) is 0 Å². The molecule has 1 heterocycles. The molecule has 0 N–H and O–H groups in total. The number of rotatable bonds is 3. The molecule has 0 spiro atoms. The summed E-state index contributed by atoms with van der Waals surface area (Å²) in [6, 6.07) is 8.52. The second-order valence-corrected chi connectivity index (χ2v) is 5.44. The topological polar surface area (TPSA) is 17.8 Å². The fourth-order valence-corrected chi connectivity index (χ4v) is 3.18. The first-order valence-corrected chi connectivity index (χ1v) is 6.94. The van der Waals surface area contributed by atoms with E-state index in [9.17, 15) is 0 Å². The lowest BCUT2D eigenvalue weighted by atomic mass is 9.98. The summed E-state index contributed by atoms with van der Waals surface area (Å²) in [5, 5.41) is 4.47. The standard InChI is InChI=1S/C15H17ClN2/c1-2-18-10-11(9-17-18)7-13-8-12-5-3-4-6-14(12)15(13)16/h3-6,9-10,13,15H,2,7-8H2,1H3. The second-order valence-electron chi connectivity index (χ2n) is 4.97. The summed E-state index contributed by atoms with van der Waals surface area (Å²) in [6.07, 6.45) is 6.20. The van der Waals surface area contributed by atoms with Gasteiger partial charge in [-0.05, 0) is 42.4 Å². The van der Waals surface area contributed by atoms with E-state index in [-0.39, 0.29) is 5.38 Å². The molecule has 3 rings (SSSR count). The first-order valence-electron chi connectivity index (χ1n) is 6.51. The molecule has 0 radical (unpaired) electrons. The van der Waals surface area contributed by atoms with Crippen molar-refractivity contribution in [2.45, 2.75) is 31.7 Å². The van der Waals surface area contributed by atoms with Crippen LogP contribution in [0.5, 0.6) is 0 Å². The third kappa shape index (κ3) is 2.05. The van der Waals surface area contributed by atoms with Gasteiger partial charge in [0.15, 0.2) is 0 Å². The van der Waals surface area contributed by atoms with Crippen LogP contribution in [-0.4, -0.2) is 9.78 Å². The van der Waals surface area contributed by atoms with E-state index in [0.717, 1.165) is 19.4 Å². The highest BCUT2D eigenvalue weighted by Crippen LogP contribution is 2.42. The third-order valence-corrected chi connectivity index (χ3v) is 4.35. The highest BCUT2D eigenvalue weighted by Gasteiger charge is 2.30. The molecule has 1 aliphatic rings. The van der Waals surface area contributed by atoms with Crippen LogP contribution in [0.25, 0.3) is 0 Å². The maximum absolute atomic E-state index is 6.57. The average Bonchev–Trinajstić information content (AvgIpc) is 2.97. The molecule has 2 aromatic rings. The Balaban J connectivity index is 1.76. The number of hydrogen-bond acceptors (Lipinski definition) is 1. The maximum Gasteiger partial charge on any atom is 0.0622 e. The van der Waals surface area contributed by atoms with Gasteiger partial charge in [-0.2, -0.15) is 5.10 Å². The molecule has 0 saturated heterocycles. The molecule has 94 valence electrons. The van der Waals surface area contributed by atoms with Crippen molar-refractivity contribution in [1.29, 1.82) is 0 Å². The molecule has 18 heavy (non-hydrogen) atoms. The van der Waals surface area contributed by atoms with Crippen molar-refractivity contribution in [3.63, 3.8) is 0 Å². The largest absolute Gasteiger partial charge is 0.273 e. The quantitative estimate of drug-likeness (QED) is 0.771. The Bertz CT molecular complexity index is 547. The Hall–Kier alpha value is -1.28. The van der Waals surface area contributed by atoms with E-state index in [1.165, 1.54) is 16.7 Å². The van der Waals surface area contributed by atoms with Crippen molar-refractivity contribution in [1.82, 2.24) is 9.78 Å². The van der Waals surface area contributed by atoms with Crippen LogP contribution in [0.15, 0.2) is 36.7 Å². The van der Waals surface area contributed by atoms with E-state index in [1.807, 2.05) is 10.9 Å². The van der Waals surface area contributed by atoms with Crippen LogP contribution in [-0.2, 0) is 19.4 Å². The van der Waals surface area contributed by atoms with Crippen LogP contribution in [0, 0.1) is 5.92 Å². The fraction of sp³-hybridized carbons (Fsp3) is 0.400. The number of aromatic nitrogens is 2.